The number of aliphatic hydroxyl groups is 7. The number of fused-ring (bicyclic) bond motifs is 5. The zero-order valence-electron chi connectivity index (χ0n) is 43.8. The van der Waals surface area contributed by atoms with Crippen LogP contribution in [-0.4, -0.2) is 189 Å². The van der Waals surface area contributed by atoms with E-state index in [0.29, 0.717) is 31.2 Å². The van der Waals surface area contributed by atoms with Crippen molar-refractivity contribution in [3.8, 4) is 0 Å². The molecule has 4 saturated heterocycles. The van der Waals surface area contributed by atoms with Gasteiger partial charge in [-0.3, -0.25) is 0 Å². The molecule has 73 heavy (non-hydrogen) atoms. The Morgan fingerprint density at radius 3 is 1.79 bits per heavy atom. The maximum atomic E-state index is 13.7. The molecule has 0 bridgehead atoms. The monoisotopic (exact) mass is 1030 g/mol. The molecule has 412 valence electrons. The number of carbonyl (C=O) groups is 1. The number of esters is 1. The predicted octanol–water partition coefficient (Wildman–Crippen LogP) is 3.32. The van der Waals surface area contributed by atoms with Gasteiger partial charge in [-0.2, -0.15) is 0 Å². The van der Waals surface area contributed by atoms with Crippen molar-refractivity contribution in [1.82, 2.24) is 0 Å². The average Bonchev–Trinajstić information content (AvgIpc) is 3.58. The summed E-state index contributed by atoms with van der Waals surface area (Å²) in [7, 11) is 3.11. The molecule has 7 N–H and O–H groups in total. The van der Waals surface area contributed by atoms with E-state index in [4.69, 9.17) is 52.1 Å². The first-order valence-corrected chi connectivity index (χ1v) is 26.6. The smallest absolute Gasteiger partial charge is 0.338 e. The van der Waals surface area contributed by atoms with Gasteiger partial charge in [0, 0.05) is 45.8 Å². The maximum Gasteiger partial charge on any atom is 0.338 e. The molecule has 4 aliphatic carbocycles. The van der Waals surface area contributed by atoms with Crippen molar-refractivity contribution in [2.24, 2.45) is 16.7 Å². The van der Waals surface area contributed by atoms with E-state index in [1.165, 1.54) is 14.0 Å². The lowest BCUT2D eigenvalue weighted by atomic mass is 9.42. The van der Waals surface area contributed by atoms with E-state index in [1.807, 2.05) is 19.9 Å². The largest absolute Gasteiger partial charge is 0.458 e. The second kappa shape index (κ2) is 21.2. The Labute approximate surface area is 428 Å². The van der Waals surface area contributed by atoms with Gasteiger partial charge in [-0.15, -0.1) is 0 Å². The minimum atomic E-state index is -1.92. The van der Waals surface area contributed by atoms with Crippen molar-refractivity contribution >= 4 is 5.97 Å². The summed E-state index contributed by atoms with van der Waals surface area (Å²) in [5.74, 6) is -1.18. The van der Waals surface area contributed by atoms with E-state index in [2.05, 4.69) is 6.92 Å². The summed E-state index contributed by atoms with van der Waals surface area (Å²) in [6, 6.07) is 8.54. The Morgan fingerprint density at radius 1 is 0.685 bits per heavy atom. The highest BCUT2D eigenvalue weighted by Gasteiger charge is 2.81. The second-order valence-electron chi connectivity index (χ2n) is 23.0. The van der Waals surface area contributed by atoms with Gasteiger partial charge in [0.1, 0.15) is 47.3 Å². The molecule has 0 radical (unpaired) electrons. The predicted molar refractivity (Wildman–Crippen MR) is 257 cm³/mol. The van der Waals surface area contributed by atoms with Crippen LogP contribution in [0.4, 0.5) is 0 Å². The van der Waals surface area contributed by atoms with E-state index in [0.717, 1.165) is 5.57 Å². The standard InChI is InChI=1S/C54H82O19/c1-27-45(58)37(63-8)24-43(65-27)71-47-29(3)67-42(23-36(47)57)73-48-30(4)68-44(25-38(48)64-9)72-46-28(2)66-41(22-35(46)56)69-34-16-17-50(6)33(21-34)15-18-53(61)39(50)26-40(70-49(59)32-13-11-10-12-14-32)51(7)52(60,31(5)55)19-20-54(51,53)62/h10-15,27-31,34-48,55-58,60-62H,16-26H2,1-9H3/t27-,28-,29-,30-,31+,34+,35+,36-,37+,38-,39-,40-,41+,42+,43+,44+,45-,46-,47-,48-,50+,51-,52-,53+,54-/m1/s1. The van der Waals surface area contributed by atoms with E-state index < -0.39 is 150 Å². The van der Waals surface area contributed by atoms with E-state index in [1.54, 1.807) is 58.2 Å². The first kappa shape index (κ1) is 55.5. The van der Waals surface area contributed by atoms with Crippen LogP contribution in [0.5, 0.6) is 0 Å². The Balaban J connectivity index is 0.794. The third kappa shape index (κ3) is 9.69. The van der Waals surface area contributed by atoms with E-state index in [9.17, 15) is 40.5 Å². The minimum absolute atomic E-state index is 0.000890. The molecule has 0 amide bonds. The van der Waals surface area contributed by atoms with Crippen molar-refractivity contribution in [2.45, 2.75) is 253 Å². The summed E-state index contributed by atoms with van der Waals surface area (Å²) in [6.45, 7) is 12.4. The summed E-state index contributed by atoms with van der Waals surface area (Å²) in [5.41, 5.74) is -6.37. The fourth-order valence-corrected chi connectivity index (χ4v) is 14.6. The Bertz CT molecular complexity index is 2070. The second-order valence-corrected chi connectivity index (χ2v) is 23.0. The molecule has 8 aliphatic rings. The number of hydrogen-bond acceptors (Lipinski definition) is 19. The third-order valence-corrected chi connectivity index (χ3v) is 19.0. The minimum Gasteiger partial charge on any atom is -0.458 e. The van der Waals surface area contributed by atoms with Gasteiger partial charge in [0.25, 0.3) is 0 Å². The zero-order chi connectivity index (χ0) is 52.6. The summed E-state index contributed by atoms with van der Waals surface area (Å²) < 4.78 is 68.0. The van der Waals surface area contributed by atoms with Crippen molar-refractivity contribution < 1.29 is 92.6 Å². The van der Waals surface area contributed by atoms with Crippen LogP contribution < -0.4 is 0 Å². The molecule has 19 nitrogen and oxygen atoms in total. The number of benzene rings is 1. The molecule has 0 spiro atoms. The Hall–Kier alpha value is -2.25. The summed E-state index contributed by atoms with van der Waals surface area (Å²) in [4.78, 5) is 13.7. The lowest BCUT2D eigenvalue weighted by molar-refractivity contribution is -0.346. The maximum absolute atomic E-state index is 13.7. The topological polar surface area (TPSA) is 260 Å². The first-order chi connectivity index (χ1) is 34.5. The Kier molecular flexibility index (Phi) is 16.1. The molecule has 4 heterocycles. The fourth-order valence-electron chi connectivity index (χ4n) is 14.6. The van der Waals surface area contributed by atoms with Crippen molar-refractivity contribution in [1.29, 1.82) is 0 Å². The highest BCUT2D eigenvalue weighted by molar-refractivity contribution is 5.89. The molecule has 7 fully saturated rings. The number of methoxy groups -OCH3 is 2. The normalized spacial score (nSPS) is 50.5. The molecule has 3 saturated carbocycles. The molecule has 1 aromatic carbocycles. The summed E-state index contributed by atoms with van der Waals surface area (Å²) >= 11 is 0. The highest BCUT2D eigenvalue weighted by Crippen LogP contribution is 2.71. The molecule has 4 aliphatic heterocycles. The third-order valence-electron chi connectivity index (χ3n) is 19.0. The summed E-state index contributed by atoms with van der Waals surface area (Å²) in [5, 5.41) is 82.4. The average molecular weight is 1040 g/mol. The van der Waals surface area contributed by atoms with Crippen LogP contribution in [0, 0.1) is 16.7 Å². The molecule has 1 aromatic rings. The van der Waals surface area contributed by atoms with Crippen LogP contribution in [0.15, 0.2) is 42.0 Å². The van der Waals surface area contributed by atoms with E-state index in [-0.39, 0.29) is 51.0 Å². The molecule has 0 aromatic heterocycles. The molecule has 25 atom stereocenters. The highest BCUT2D eigenvalue weighted by atomic mass is 16.8. The molecule has 19 heteroatoms. The van der Waals surface area contributed by atoms with Crippen molar-refractivity contribution in [3.63, 3.8) is 0 Å². The molecule has 0 unspecified atom stereocenters. The van der Waals surface area contributed by atoms with Gasteiger partial charge in [-0.25, -0.2) is 4.79 Å². The Morgan fingerprint density at radius 2 is 1.22 bits per heavy atom. The zero-order valence-corrected chi connectivity index (χ0v) is 43.8. The molecular weight excluding hydrogens is 953 g/mol. The van der Waals surface area contributed by atoms with Gasteiger partial charge >= 0.3 is 5.97 Å². The fraction of sp³-hybridized carbons (Fsp3) is 0.833. The number of carbonyl (C=O) groups excluding carboxylic acids is 1. The lowest BCUT2D eigenvalue weighted by Gasteiger charge is -2.67. The van der Waals surface area contributed by atoms with Gasteiger partial charge in [0.05, 0.1) is 72.0 Å². The summed E-state index contributed by atoms with van der Waals surface area (Å²) in [6.07, 6.45) is -8.70. The number of rotatable bonds is 13. The molecule has 9 rings (SSSR count). The van der Waals surface area contributed by atoms with Crippen molar-refractivity contribution in [2.75, 3.05) is 14.2 Å². The van der Waals surface area contributed by atoms with Crippen molar-refractivity contribution in [3.05, 3.63) is 47.5 Å². The first-order valence-electron chi connectivity index (χ1n) is 26.6. The van der Waals surface area contributed by atoms with Gasteiger partial charge < -0.3 is 87.9 Å². The van der Waals surface area contributed by atoms with Crippen LogP contribution in [-0.2, 0) is 52.1 Å². The van der Waals surface area contributed by atoms with Crippen LogP contribution in [0.1, 0.15) is 129 Å². The van der Waals surface area contributed by atoms with Crippen LogP contribution in [0.3, 0.4) is 0 Å². The van der Waals surface area contributed by atoms with Gasteiger partial charge in [0.15, 0.2) is 25.2 Å². The number of hydrogen-bond donors (Lipinski definition) is 7. The lowest BCUT2D eigenvalue weighted by Crippen LogP contribution is -2.78. The van der Waals surface area contributed by atoms with Gasteiger partial charge in [-0.1, -0.05) is 43.7 Å². The number of aliphatic hydroxyl groups excluding tert-OH is 4. The van der Waals surface area contributed by atoms with Gasteiger partial charge in [-0.05, 0) is 97.1 Å². The van der Waals surface area contributed by atoms with Crippen LogP contribution in [0.25, 0.3) is 0 Å². The number of ether oxygens (including phenoxy) is 11. The van der Waals surface area contributed by atoms with Crippen LogP contribution >= 0.6 is 0 Å². The quantitative estimate of drug-likeness (QED) is 0.110. The van der Waals surface area contributed by atoms with Crippen LogP contribution in [0.2, 0.25) is 0 Å². The van der Waals surface area contributed by atoms with E-state index >= 15 is 0 Å². The molecular formula is C54H82O19. The van der Waals surface area contributed by atoms with Gasteiger partial charge in [0.2, 0.25) is 0 Å². The SMILES string of the molecule is CO[C@H]1C[C@H](O[C@H]2[C@H](O)C[C@H](O[C@@H]3[C@@H](C)O[C@@H](O[C@H]4[C@@H](O)C[C@H](O[C@H]5CC[C@@]6(C)C(=CC[C@]7(O)[C@@H]6C[C@@H](OC(=O)c6ccccc6)[C@@]6(C)[C@]7(O)CC[C@@]6(O)[C@H](C)O)C5)O[C@@H]4C)C[C@H]3OC)O[C@@H]2C)O[C@H](C)[C@H]1O.